The molecule has 0 spiro atoms. The molecule has 1 saturated heterocycles. The summed E-state index contributed by atoms with van der Waals surface area (Å²) in [7, 11) is -4.11. The lowest BCUT2D eigenvalue weighted by Crippen LogP contribution is -2.54. The highest BCUT2D eigenvalue weighted by Crippen LogP contribution is 2.48. The smallest absolute Gasteiger partial charge is 0.380 e. The second-order valence-corrected chi connectivity index (χ2v) is 7.10. The van der Waals surface area contributed by atoms with E-state index in [4.69, 9.17) is 0 Å². The lowest BCUT2D eigenvalue weighted by atomic mass is 9.69. The maximum absolute atomic E-state index is 12.5. The lowest BCUT2D eigenvalue weighted by Gasteiger charge is -2.48. The Morgan fingerprint density at radius 1 is 1.43 bits per heavy atom. The van der Waals surface area contributed by atoms with Crippen molar-refractivity contribution in [3.05, 3.63) is 11.8 Å². The van der Waals surface area contributed by atoms with Crippen LogP contribution in [0, 0.1) is 5.41 Å². The minimum atomic E-state index is -5.69. The van der Waals surface area contributed by atoms with Crippen LogP contribution in [0.1, 0.15) is 32.6 Å². The number of amides is 1. The zero-order chi connectivity index (χ0) is 16.1. The molecular formula is C12H16F3NO4S. The van der Waals surface area contributed by atoms with Gasteiger partial charge in [0, 0.05) is 24.9 Å². The number of fused-ring (bicyclic) bond motifs is 1. The monoisotopic (exact) mass is 327 g/mol. The van der Waals surface area contributed by atoms with E-state index >= 15 is 0 Å². The fourth-order valence-electron chi connectivity index (χ4n) is 3.01. The predicted molar refractivity (Wildman–Crippen MR) is 67.3 cm³/mol. The SMILES string of the molecule is CN1C(=O)CC[C@]2(C)C(OS(=O)(=O)C(F)(F)F)=CCCC12. The van der Waals surface area contributed by atoms with Gasteiger partial charge in [-0.15, -0.1) is 0 Å². The number of piperidine rings is 1. The molecule has 0 aromatic carbocycles. The first-order chi connectivity index (χ1) is 9.49. The summed E-state index contributed by atoms with van der Waals surface area (Å²) in [6.07, 6.45) is 2.72. The first-order valence-electron chi connectivity index (χ1n) is 6.46. The number of likely N-dealkylation sites (tertiary alicyclic amines) is 1. The summed E-state index contributed by atoms with van der Waals surface area (Å²) in [6, 6.07) is -0.359. The number of hydrogen-bond donors (Lipinski definition) is 0. The van der Waals surface area contributed by atoms with E-state index in [9.17, 15) is 26.4 Å². The number of rotatable bonds is 2. The van der Waals surface area contributed by atoms with Crippen LogP contribution < -0.4 is 0 Å². The molecule has 2 aliphatic rings. The maximum Gasteiger partial charge on any atom is 0.534 e. The third kappa shape index (κ3) is 2.63. The summed E-state index contributed by atoms with van der Waals surface area (Å²) in [5.74, 6) is -0.312. The van der Waals surface area contributed by atoms with E-state index < -0.39 is 21.0 Å². The number of carbonyl (C=O) groups is 1. The maximum atomic E-state index is 12.5. The molecule has 0 radical (unpaired) electrons. The molecule has 1 aliphatic carbocycles. The van der Waals surface area contributed by atoms with Crippen LogP contribution >= 0.6 is 0 Å². The average molecular weight is 327 g/mol. The second kappa shape index (κ2) is 4.89. The standard InChI is InChI=1S/C12H16F3NO4S/c1-11-7-6-10(17)16(2)8(11)4-3-5-9(11)20-21(18,19)12(13,14)15/h5,8H,3-4,6-7H2,1-2H3/t8?,11-/m0/s1. The van der Waals surface area contributed by atoms with E-state index in [1.54, 1.807) is 14.0 Å². The molecule has 1 unspecified atom stereocenters. The lowest BCUT2D eigenvalue weighted by molar-refractivity contribution is -0.140. The normalized spacial score (nSPS) is 30.7. The van der Waals surface area contributed by atoms with Crippen LogP contribution in [0.4, 0.5) is 13.2 Å². The molecule has 120 valence electrons. The van der Waals surface area contributed by atoms with Crippen LogP contribution in [0.5, 0.6) is 0 Å². The van der Waals surface area contributed by atoms with E-state index in [0.29, 0.717) is 12.8 Å². The van der Waals surface area contributed by atoms with Crippen molar-refractivity contribution in [2.75, 3.05) is 7.05 Å². The van der Waals surface area contributed by atoms with Gasteiger partial charge in [0.05, 0.1) is 0 Å². The summed E-state index contributed by atoms with van der Waals surface area (Å²) < 4.78 is 64.2. The van der Waals surface area contributed by atoms with Crippen molar-refractivity contribution in [2.45, 2.75) is 44.2 Å². The van der Waals surface area contributed by atoms with E-state index in [2.05, 4.69) is 4.18 Å². The second-order valence-electron chi connectivity index (χ2n) is 5.57. The Kier molecular flexibility index (Phi) is 3.76. The van der Waals surface area contributed by atoms with Crippen LogP contribution in [-0.4, -0.2) is 37.8 Å². The number of hydrogen-bond acceptors (Lipinski definition) is 4. The summed E-state index contributed by atoms with van der Waals surface area (Å²) >= 11 is 0. The van der Waals surface area contributed by atoms with E-state index in [-0.39, 0.29) is 30.5 Å². The largest absolute Gasteiger partial charge is 0.534 e. The zero-order valence-electron chi connectivity index (χ0n) is 11.6. The van der Waals surface area contributed by atoms with E-state index in [0.717, 1.165) is 0 Å². The molecule has 2 rings (SSSR count). The summed E-state index contributed by atoms with van der Waals surface area (Å²) in [5.41, 5.74) is -6.38. The van der Waals surface area contributed by atoms with Gasteiger partial charge in [-0.3, -0.25) is 4.79 Å². The van der Waals surface area contributed by atoms with Gasteiger partial charge in [0.1, 0.15) is 5.76 Å². The Bertz CT molecular complexity index is 584. The molecule has 0 N–H and O–H groups in total. The molecule has 21 heavy (non-hydrogen) atoms. The third-order valence-corrected chi connectivity index (χ3v) is 5.24. The van der Waals surface area contributed by atoms with Crippen LogP contribution in [0.25, 0.3) is 0 Å². The van der Waals surface area contributed by atoms with E-state index in [1.165, 1.54) is 11.0 Å². The van der Waals surface area contributed by atoms with Gasteiger partial charge >= 0.3 is 15.6 Å². The summed E-state index contributed by atoms with van der Waals surface area (Å²) in [5, 5.41) is 0. The van der Waals surface area contributed by atoms with Crippen LogP contribution in [0.15, 0.2) is 11.8 Å². The number of alkyl halides is 3. The Morgan fingerprint density at radius 3 is 2.62 bits per heavy atom. The highest BCUT2D eigenvalue weighted by Gasteiger charge is 2.53. The first kappa shape index (κ1) is 16.1. The molecule has 0 bridgehead atoms. The first-order valence-corrected chi connectivity index (χ1v) is 7.87. The molecule has 0 aromatic heterocycles. The highest BCUT2D eigenvalue weighted by atomic mass is 32.2. The molecule has 9 heteroatoms. The Balaban J connectivity index is 2.33. The number of nitrogens with zero attached hydrogens (tertiary/aromatic N) is 1. The van der Waals surface area contributed by atoms with Crippen molar-refractivity contribution in [3.63, 3.8) is 0 Å². The van der Waals surface area contributed by atoms with Gasteiger partial charge in [-0.2, -0.15) is 21.6 Å². The molecule has 1 heterocycles. The average Bonchev–Trinajstić information content (AvgIpc) is 2.35. The van der Waals surface area contributed by atoms with Crippen LogP contribution in [0.3, 0.4) is 0 Å². The Labute approximate surface area is 120 Å². The summed E-state index contributed by atoms with van der Waals surface area (Å²) in [4.78, 5) is 13.2. The number of carbonyl (C=O) groups excluding carboxylic acids is 1. The van der Waals surface area contributed by atoms with Crippen LogP contribution in [0.2, 0.25) is 0 Å². The predicted octanol–water partition coefficient (Wildman–Crippen LogP) is 2.16. The molecule has 0 saturated carbocycles. The summed E-state index contributed by atoms with van der Waals surface area (Å²) in [6.45, 7) is 1.64. The van der Waals surface area contributed by atoms with Gasteiger partial charge in [0.25, 0.3) is 0 Å². The van der Waals surface area contributed by atoms with Gasteiger partial charge in [0.15, 0.2) is 0 Å². The van der Waals surface area contributed by atoms with Gasteiger partial charge in [-0.1, -0.05) is 6.92 Å². The van der Waals surface area contributed by atoms with Crippen molar-refractivity contribution >= 4 is 16.0 Å². The molecule has 1 aliphatic heterocycles. The molecule has 5 nitrogen and oxygen atoms in total. The fraction of sp³-hybridized carbons (Fsp3) is 0.750. The fourth-order valence-corrected chi connectivity index (χ4v) is 3.60. The van der Waals surface area contributed by atoms with E-state index in [1.807, 2.05) is 0 Å². The quantitative estimate of drug-likeness (QED) is 0.576. The molecular weight excluding hydrogens is 311 g/mol. The number of halogens is 3. The van der Waals surface area contributed by atoms with Gasteiger partial charge in [-0.25, -0.2) is 0 Å². The highest BCUT2D eigenvalue weighted by molar-refractivity contribution is 7.87. The van der Waals surface area contributed by atoms with Gasteiger partial charge in [-0.05, 0) is 25.3 Å². The van der Waals surface area contributed by atoms with Crippen LogP contribution in [-0.2, 0) is 19.1 Å². The topological polar surface area (TPSA) is 63.7 Å². The third-order valence-electron chi connectivity index (χ3n) is 4.27. The Hall–Kier alpha value is -1.25. The minimum absolute atomic E-state index is 0.0996. The van der Waals surface area contributed by atoms with Gasteiger partial charge < -0.3 is 9.08 Å². The molecule has 2 atom stereocenters. The minimum Gasteiger partial charge on any atom is -0.380 e. The van der Waals surface area contributed by atoms with Crippen molar-refractivity contribution in [1.82, 2.24) is 4.90 Å². The molecule has 0 aromatic rings. The van der Waals surface area contributed by atoms with Crippen molar-refractivity contribution in [1.29, 1.82) is 0 Å². The van der Waals surface area contributed by atoms with Crippen molar-refractivity contribution in [2.24, 2.45) is 5.41 Å². The molecule has 1 amide bonds. The van der Waals surface area contributed by atoms with Crippen molar-refractivity contribution < 1.29 is 30.6 Å². The zero-order valence-corrected chi connectivity index (χ0v) is 12.4. The molecule has 1 fully saturated rings. The number of allylic oxidation sites excluding steroid dienone is 1. The van der Waals surface area contributed by atoms with Gasteiger partial charge in [0.2, 0.25) is 5.91 Å². The Morgan fingerprint density at radius 2 is 2.05 bits per heavy atom. The van der Waals surface area contributed by atoms with Crippen molar-refractivity contribution in [3.8, 4) is 0 Å².